The molecule has 0 spiro atoms. The highest BCUT2D eigenvalue weighted by Crippen LogP contribution is 2.21. The SMILES string of the molecule is CC[C@H](NC1=CC(=O)N(CC(F)(F)F)C(O)N1)c1ccccc1. The van der Waals surface area contributed by atoms with E-state index in [0.29, 0.717) is 11.3 Å². The summed E-state index contributed by atoms with van der Waals surface area (Å²) in [5.74, 6) is -0.712. The summed E-state index contributed by atoms with van der Waals surface area (Å²) in [6.45, 7) is 0.419. The summed E-state index contributed by atoms with van der Waals surface area (Å²) in [4.78, 5) is 12.1. The van der Waals surface area contributed by atoms with Gasteiger partial charge in [0.15, 0.2) is 0 Å². The van der Waals surface area contributed by atoms with Crippen molar-refractivity contribution in [3.8, 4) is 0 Å². The second kappa shape index (κ2) is 6.91. The fourth-order valence-electron chi connectivity index (χ4n) is 2.32. The van der Waals surface area contributed by atoms with Gasteiger partial charge >= 0.3 is 6.18 Å². The predicted molar refractivity (Wildman–Crippen MR) is 77.6 cm³/mol. The molecule has 1 heterocycles. The molecule has 3 N–H and O–H groups in total. The molecule has 0 aromatic heterocycles. The van der Waals surface area contributed by atoms with E-state index in [-0.39, 0.29) is 11.9 Å². The van der Waals surface area contributed by atoms with Crippen molar-refractivity contribution in [2.75, 3.05) is 6.54 Å². The second-order valence-corrected chi connectivity index (χ2v) is 5.17. The van der Waals surface area contributed by atoms with Gasteiger partial charge in [0.25, 0.3) is 5.91 Å². The van der Waals surface area contributed by atoms with Crippen molar-refractivity contribution in [3.05, 3.63) is 47.8 Å². The van der Waals surface area contributed by atoms with Gasteiger partial charge in [-0.25, -0.2) is 0 Å². The van der Waals surface area contributed by atoms with Crippen molar-refractivity contribution in [1.29, 1.82) is 0 Å². The fraction of sp³-hybridized carbons (Fsp3) is 0.400. The van der Waals surface area contributed by atoms with Crippen LogP contribution in [0.25, 0.3) is 0 Å². The first-order valence-corrected chi connectivity index (χ1v) is 7.15. The van der Waals surface area contributed by atoms with Crippen LogP contribution in [-0.4, -0.2) is 35.0 Å². The van der Waals surface area contributed by atoms with E-state index >= 15 is 0 Å². The minimum absolute atomic E-state index is 0.135. The average molecular weight is 329 g/mol. The Kier molecular flexibility index (Phi) is 5.15. The van der Waals surface area contributed by atoms with Crippen LogP contribution in [0.3, 0.4) is 0 Å². The number of hydrogen-bond acceptors (Lipinski definition) is 4. The summed E-state index contributed by atoms with van der Waals surface area (Å²) in [5.41, 5.74) is 0.970. The van der Waals surface area contributed by atoms with E-state index in [2.05, 4.69) is 10.6 Å². The van der Waals surface area contributed by atoms with Crippen molar-refractivity contribution in [2.24, 2.45) is 0 Å². The van der Waals surface area contributed by atoms with Gasteiger partial charge < -0.3 is 15.7 Å². The van der Waals surface area contributed by atoms with E-state index in [1.165, 1.54) is 0 Å². The number of nitrogens with one attached hydrogen (secondary N) is 2. The Hall–Kier alpha value is -2.22. The van der Waals surface area contributed by atoms with Gasteiger partial charge in [0, 0.05) is 6.08 Å². The highest BCUT2D eigenvalue weighted by atomic mass is 19.4. The number of benzene rings is 1. The lowest BCUT2D eigenvalue weighted by molar-refractivity contribution is -0.179. The molecule has 1 unspecified atom stereocenters. The molecule has 1 aromatic rings. The number of hydrogen-bond donors (Lipinski definition) is 3. The number of aliphatic hydroxyl groups excluding tert-OH is 1. The predicted octanol–water partition coefficient (Wildman–Crippen LogP) is 1.84. The van der Waals surface area contributed by atoms with Crippen LogP contribution in [0.1, 0.15) is 24.9 Å². The number of carbonyl (C=O) groups is 1. The maximum Gasteiger partial charge on any atom is 0.406 e. The van der Waals surface area contributed by atoms with E-state index < -0.39 is 25.0 Å². The zero-order chi connectivity index (χ0) is 17.0. The molecule has 23 heavy (non-hydrogen) atoms. The highest BCUT2D eigenvalue weighted by molar-refractivity contribution is 5.89. The van der Waals surface area contributed by atoms with Gasteiger partial charge in [-0.3, -0.25) is 9.69 Å². The number of nitrogens with zero attached hydrogens (tertiary/aromatic N) is 1. The Morgan fingerprint density at radius 1 is 1.35 bits per heavy atom. The second-order valence-electron chi connectivity index (χ2n) is 5.17. The topological polar surface area (TPSA) is 64.6 Å². The lowest BCUT2D eigenvalue weighted by Crippen LogP contribution is -2.56. The lowest BCUT2D eigenvalue weighted by atomic mass is 10.0. The first kappa shape index (κ1) is 17.1. The normalized spacial score (nSPS) is 19.9. The molecule has 1 aliphatic rings. The van der Waals surface area contributed by atoms with Crippen molar-refractivity contribution in [1.82, 2.24) is 15.5 Å². The summed E-state index contributed by atoms with van der Waals surface area (Å²) in [6.07, 6.45) is -4.60. The number of aliphatic hydroxyl groups is 1. The Bertz CT molecular complexity index is 575. The van der Waals surface area contributed by atoms with E-state index in [1.54, 1.807) is 0 Å². The van der Waals surface area contributed by atoms with Crippen LogP contribution >= 0.6 is 0 Å². The molecule has 1 aliphatic heterocycles. The van der Waals surface area contributed by atoms with Crippen LogP contribution in [0.5, 0.6) is 0 Å². The number of carbonyl (C=O) groups excluding carboxylic acids is 1. The molecule has 2 atom stereocenters. The Morgan fingerprint density at radius 2 is 2.00 bits per heavy atom. The number of alkyl halides is 3. The molecule has 0 bridgehead atoms. The van der Waals surface area contributed by atoms with E-state index in [9.17, 15) is 23.1 Å². The smallest absolute Gasteiger partial charge is 0.365 e. The quantitative estimate of drug-likeness (QED) is 0.771. The largest absolute Gasteiger partial charge is 0.406 e. The maximum absolute atomic E-state index is 12.4. The summed E-state index contributed by atoms with van der Waals surface area (Å²) >= 11 is 0. The highest BCUT2D eigenvalue weighted by Gasteiger charge is 2.37. The fourth-order valence-corrected chi connectivity index (χ4v) is 2.32. The summed E-state index contributed by atoms with van der Waals surface area (Å²) in [5, 5.41) is 15.2. The third-order valence-electron chi connectivity index (χ3n) is 3.42. The zero-order valence-electron chi connectivity index (χ0n) is 12.5. The van der Waals surface area contributed by atoms with Crippen LogP contribution < -0.4 is 10.6 Å². The number of rotatable bonds is 5. The standard InChI is InChI=1S/C15H18F3N3O2/c1-2-11(10-6-4-3-5-7-10)19-12-8-13(22)21(14(23)20-12)9-15(16,17)18/h3-8,11,14,19-20,23H,2,9H2,1H3/t11-,14?/m0/s1. The molecule has 1 aromatic carbocycles. The van der Waals surface area contributed by atoms with Gasteiger partial charge in [0.05, 0.1) is 6.04 Å². The Balaban J connectivity index is 2.09. The first-order valence-electron chi connectivity index (χ1n) is 7.15. The minimum Gasteiger partial charge on any atom is -0.365 e. The van der Waals surface area contributed by atoms with Crippen LogP contribution in [0.2, 0.25) is 0 Å². The first-order chi connectivity index (χ1) is 10.8. The number of amides is 1. The van der Waals surface area contributed by atoms with Gasteiger partial charge in [-0.1, -0.05) is 37.3 Å². The molecule has 5 nitrogen and oxygen atoms in total. The summed E-state index contributed by atoms with van der Waals surface area (Å²) < 4.78 is 37.2. The van der Waals surface area contributed by atoms with Gasteiger partial charge in [-0.2, -0.15) is 13.2 Å². The summed E-state index contributed by atoms with van der Waals surface area (Å²) in [7, 11) is 0. The van der Waals surface area contributed by atoms with Gasteiger partial charge in [0.2, 0.25) is 6.35 Å². The van der Waals surface area contributed by atoms with Crippen molar-refractivity contribution in [3.63, 3.8) is 0 Å². The van der Waals surface area contributed by atoms with E-state index in [1.807, 2.05) is 37.3 Å². The molecular formula is C15H18F3N3O2. The molecular weight excluding hydrogens is 311 g/mol. The Labute approximate surface area is 131 Å². The molecule has 0 radical (unpaired) electrons. The lowest BCUT2D eigenvalue weighted by Gasteiger charge is -2.34. The van der Waals surface area contributed by atoms with Crippen molar-refractivity contribution < 1.29 is 23.1 Å². The van der Waals surface area contributed by atoms with E-state index in [0.717, 1.165) is 11.6 Å². The molecule has 2 rings (SSSR count). The van der Waals surface area contributed by atoms with Crippen LogP contribution in [-0.2, 0) is 4.79 Å². The monoisotopic (exact) mass is 329 g/mol. The molecule has 0 saturated heterocycles. The van der Waals surface area contributed by atoms with Gasteiger partial charge in [-0.05, 0) is 12.0 Å². The molecule has 0 aliphatic carbocycles. The molecule has 126 valence electrons. The Morgan fingerprint density at radius 3 is 2.52 bits per heavy atom. The average Bonchev–Trinajstić information content (AvgIpc) is 2.48. The molecule has 0 fully saturated rings. The maximum atomic E-state index is 12.4. The third-order valence-corrected chi connectivity index (χ3v) is 3.42. The molecule has 1 amide bonds. The van der Waals surface area contributed by atoms with Crippen LogP contribution in [0.15, 0.2) is 42.2 Å². The minimum atomic E-state index is -4.58. The van der Waals surface area contributed by atoms with Crippen molar-refractivity contribution >= 4 is 5.91 Å². The molecule has 0 saturated carbocycles. The third kappa shape index (κ3) is 4.62. The van der Waals surface area contributed by atoms with Crippen molar-refractivity contribution in [2.45, 2.75) is 31.9 Å². The zero-order valence-corrected chi connectivity index (χ0v) is 12.5. The van der Waals surface area contributed by atoms with E-state index in [4.69, 9.17) is 0 Å². The number of halogens is 3. The summed E-state index contributed by atoms with van der Waals surface area (Å²) in [6, 6.07) is 9.28. The van der Waals surface area contributed by atoms with Crippen LogP contribution in [0, 0.1) is 0 Å². The van der Waals surface area contributed by atoms with Gasteiger partial charge in [-0.15, -0.1) is 0 Å². The molecule has 8 heteroatoms. The van der Waals surface area contributed by atoms with Gasteiger partial charge in [0.1, 0.15) is 12.4 Å². The van der Waals surface area contributed by atoms with Crippen LogP contribution in [0.4, 0.5) is 13.2 Å².